The third-order valence-electron chi connectivity index (χ3n) is 7.86. The van der Waals surface area contributed by atoms with E-state index in [2.05, 4.69) is 22.5 Å². The van der Waals surface area contributed by atoms with Crippen LogP contribution in [0.1, 0.15) is 106 Å². The number of hydrogen-bond donors (Lipinski definition) is 3. The van der Waals surface area contributed by atoms with Crippen molar-refractivity contribution in [3.8, 4) is 0 Å². The van der Waals surface area contributed by atoms with E-state index in [0.29, 0.717) is 19.4 Å². The van der Waals surface area contributed by atoms with Crippen LogP contribution in [0.25, 0.3) is 0 Å². The number of amides is 4. The zero-order valence-electron chi connectivity index (χ0n) is 28.2. The van der Waals surface area contributed by atoms with Crippen LogP contribution in [0.3, 0.4) is 0 Å². The van der Waals surface area contributed by atoms with Crippen molar-refractivity contribution in [3.05, 3.63) is 12.7 Å². The molecule has 0 aromatic carbocycles. The third-order valence-corrected chi connectivity index (χ3v) is 7.86. The first-order valence-electron chi connectivity index (χ1n) is 16.2. The first kappa shape index (κ1) is 37.7. The van der Waals surface area contributed by atoms with Gasteiger partial charge >= 0.3 is 12.1 Å². The number of nitrogens with zero attached hydrogens (tertiary/aromatic N) is 1. The number of nitrogens with one attached hydrogen (secondary N) is 3. The minimum absolute atomic E-state index is 0.0929. The average Bonchev–Trinajstić information content (AvgIpc) is 3.33. The molecule has 1 saturated heterocycles. The Bertz CT molecular complexity index is 1090. The van der Waals surface area contributed by atoms with Crippen molar-refractivity contribution in [1.29, 1.82) is 0 Å². The lowest BCUT2D eigenvalue weighted by molar-refractivity contribution is -0.154. The molecule has 12 nitrogen and oxygen atoms in total. The molecular weight excluding hydrogens is 580 g/mol. The van der Waals surface area contributed by atoms with Crippen molar-refractivity contribution < 1.29 is 38.2 Å². The summed E-state index contributed by atoms with van der Waals surface area (Å²) in [7, 11) is 0. The number of ketones is 1. The molecule has 1 heterocycles. The lowest BCUT2D eigenvalue weighted by Gasteiger charge is -2.35. The molecule has 4 amide bonds. The number of likely N-dealkylation sites (tertiary alicyclic amines) is 1. The van der Waals surface area contributed by atoms with Crippen LogP contribution in [0.5, 0.6) is 0 Å². The van der Waals surface area contributed by atoms with E-state index < -0.39 is 59.0 Å². The normalized spacial score (nSPS) is 20.4. The summed E-state index contributed by atoms with van der Waals surface area (Å²) in [6.07, 6.45) is 6.31. The minimum atomic E-state index is -1.16. The van der Waals surface area contributed by atoms with E-state index in [0.717, 1.165) is 32.1 Å². The highest BCUT2D eigenvalue weighted by Crippen LogP contribution is 2.31. The first-order chi connectivity index (χ1) is 20.9. The Morgan fingerprint density at radius 3 is 2.11 bits per heavy atom. The van der Waals surface area contributed by atoms with Crippen LogP contribution in [0, 0.1) is 11.8 Å². The predicted octanol–water partition coefficient (Wildman–Crippen LogP) is 3.57. The lowest BCUT2D eigenvalue weighted by atomic mass is 9.83. The van der Waals surface area contributed by atoms with Crippen molar-refractivity contribution in [3.63, 3.8) is 0 Å². The number of Topliss-reactive ketones (excluding diaryl/α,β-unsaturated/α-hetero) is 1. The summed E-state index contributed by atoms with van der Waals surface area (Å²) >= 11 is 0. The Kier molecular flexibility index (Phi) is 14.0. The van der Waals surface area contributed by atoms with Crippen LogP contribution in [-0.2, 0) is 33.4 Å². The van der Waals surface area contributed by atoms with Gasteiger partial charge in [0, 0.05) is 13.1 Å². The summed E-state index contributed by atoms with van der Waals surface area (Å²) < 4.78 is 10.7. The van der Waals surface area contributed by atoms with E-state index in [9.17, 15) is 28.8 Å². The first-order valence-corrected chi connectivity index (χ1v) is 16.2. The maximum absolute atomic E-state index is 14.1. The third kappa shape index (κ3) is 12.5. The second-order valence-corrected chi connectivity index (χ2v) is 14.1. The van der Waals surface area contributed by atoms with Gasteiger partial charge in [-0.25, -0.2) is 4.79 Å². The van der Waals surface area contributed by atoms with E-state index >= 15 is 0 Å². The van der Waals surface area contributed by atoms with Crippen LogP contribution >= 0.6 is 0 Å². The van der Waals surface area contributed by atoms with E-state index in [1.54, 1.807) is 47.6 Å². The number of esters is 1. The number of allylic oxidation sites excluding steroid dienone is 1. The molecule has 0 unspecified atom stereocenters. The zero-order chi connectivity index (χ0) is 33.9. The van der Waals surface area contributed by atoms with Gasteiger partial charge in [-0.15, -0.1) is 6.58 Å². The average molecular weight is 635 g/mol. The fourth-order valence-corrected chi connectivity index (χ4v) is 5.78. The molecule has 2 fully saturated rings. The van der Waals surface area contributed by atoms with Crippen LogP contribution in [-0.4, -0.2) is 82.9 Å². The van der Waals surface area contributed by atoms with Gasteiger partial charge in [-0.2, -0.15) is 0 Å². The van der Waals surface area contributed by atoms with Gasteiger partial charge in [-0.3, -0.25) is 24.0 Å². The van der Waals surface area contributed by atoms with Crippen molar-refractivity contribution in [2.45, 2.75) is 136 Å². The number of hydrogen-bond acceptors (Lipinski definition) is 8. The van der Waals surface area contributed by atoms with Gasteiger partial charge in [0.25, 0.3) is 5.91 Å². The van der Waals surface area contributed by atoms with Gasteiger partial charge in [0.15, 0.2) is 0 Å². The summed E-state index contributed by atoms with van der Waals surface area (Å²) in [5, 5.41) is 7.95. The lowest BCUT2D eigenvalue weighted by Crippen LogP contribution is -2.59. The molecule has 0 bridgehead atoms. The second kappa shape index (κ2) is 16.7. The molecule has 0 aromatic heterocycles. The van der Waals surface area contributed by atoms with Crippen LogP contribution < -0.4 is 16.0 Å². The van der Waals surface area contributed by atoms with Crippen LogP contribution in [0.4, 0.5) is 4.79 Å². The number of rotatable bonds is 13. The smallest absolute Gasteiger partial charge is 0.408 e. The van der Waals surface area contributed by atoms with Crippen molar-refractivity contribution >= 4 is 35.6 Å². The molecule has 0 aromatic rings. The Balaban J connectivity index is 2.17. The summed E-state index contributed by atoms with van der Waals surface area (Å²) in [5.41, 5.74) is -1.42. The van der Waals surface area contributed by atoms with Gasteiger partial charge in [0.1, 0.15) is 23.3 Å². The molecule has 1 aliphatic heterocycles. The summed E-state index contributed by atoms with van der Waals surface area (Å²) in [6.45, 7) is 16.2. The Hall–Kier alpha value is -3.44. The number of carbonyl (C=O) groups is 6. The van der Waals surface area contributed by atoms with E-state index in [4.69, 9.17) is 9.47 Å². The topological polar surface area (TPSA) is 160 Å². The number of carbonyl (C=O) groups excluding carboxylic acids is 6. The Morgan fingerprint density at radius 1 is 0.911 bits per heavy atom. The SMILES string of the molecule is C=CCC[C@H](NC(=O)[C@@H]1[C@@H](C)CCN1C(=O)[C@@H](NC(=O)OC(C)(C)C)C1CCCCC1)C(=O)C(=O)NCCC(=O)OC(C)(C)C. The van der Waals surface area contributed by atoms with Gasteiger partial charge in [0.05, 0.1) is 12.5 Å². The van der Waals surface area contributed by atoms with Crippen molar-refractivity contribution in [2.24, 2.45) is 11.8 Å². The van der Waals surface area contributed by atoms with E-state index in [1.165, 1.54) is 4.90 Å². The molecule has 0 radical (unpaired) electrons. The molecule has 4 atom stereocenters. The standard InChI is InChI=1S/C33H54N4O8/c1-9-10-16-23(27(39)29(41)34-19-17-24(38)44-32(3,4)5)35-28(40)26-21(2)18-20-37(26)30(42)25(22-14-12-11-13-15-22)36-31(43)45-33(6,7)8/h9,21-23,25-26H,1,10-20H2,2-8H3,(H,34,41)(H,35,40)(H,36,43)/t21-,23-,25-,26-/m0/s1. The highest BCUT2D eigenvalue weighted by molar-refractivity contribution is 6.38. The maximum atomic E-state index is 14.1. The second-order valence-electron chi connectivity index (χ2n) is 14.1. The molecule has 2 aliphatic rings. The Morgan fingerprint density at radius 2 is 1.53 bits per heavy atom. The van der Waals surface area contributed by atoms with E-state index in [1.807, 2.05) is 6.92 Å². The van der Waals surface area contributed by atoms with Crippen LogP contribution in [0.15, 0.2) is 12.7 Å². The van der Waals surface area contributed by atoms with Gasteiger partial charge in [-0.1, -0.05) is 32.3 Å². The minimum Gasteiger partial charge on any atom is -0.460 e. The monoisotopic (exact) mass is 634 g/mol. The number of ether oxygens (including phenoxy) is 2. The highest BCUT2D eigenvalue weighted by Gasteiger charge is 2.45. The van der Waals surface area contributed by atoms with Gasteiger partial charge in [-0.05, 0) is 85.5 Å². The van der Waals surface area contributed by atoms with E-state index in [-0.39, 0.29) is 37.1 Å². The molecular formula is C33H54N4O8. The van der Waals surface area contributed by atoms with Gasteiger partial charge in [0.2, 0.25) is 17.6 Å². The number of alkyl carbamates (subject to hydrolysis) is 1. The molecule has 12 heteroatoms. The molecule has 1 aliphatic carbocycles. The fraction of sp³-hybridized carbons (Fsp3) is 0.758. The quantitative estimate of drug-likeness (QED) is 0.158. The highest BCUT2D eigenvalue weighted by atomic mass is 16.6. The van der Waals surface area contributed by atoms with Gasteiger partial charge < -0.3 is 30.3 Å². The molecule has 45 heavy (non-hydrogen) atoms. The summed E-state index contributed by atoms with van der Waals surface area (Å²) in [4.78, 5) is 79.9. The van der Waals surface area contributed by atoms with Crippen molar-refractivity contribution in [1.82, 2.24) is 20.9 Å². The summed E-state index contributed by atoms with van der Waals surface area (Å²) in [6, 6.07) is -2.90. The predicted molar refractivity (Wildman–Crippen MR) is 169 cm³/mol. The molecule has 0 spiro atoms. The van der Waals surface area contributed by atoms with Crippen molar-refractivity contribution in [2.75, 3.05) is 13.1 Å². The summed E-state index contributed by atoms with van der Waals surface area (Å²) in [5.74, 6) is -3.52. The Labute approximate surface area is 267 Å². The molecule has 2 rings (SSSR count). The van der Waals surface area contributed by atoms with Crippen LogP contribution in [0.2, 0.25) is 0 Å². The maximum Gasteiger partial charge on any atom is 0.408 e. The molecule has 1 saturated carbocycles. The molecule has 3 N–H and O–H groups in total. The zero-order valence-corrected chi connectivity index (χ0v) is 28.2. The molecule has 254 valence electrons. The largest absolute Gasteiger partial charge is 0.460 e. The fourth-order valence-electron chi connectivity index (χ4n) is 5.78.